The zero-order valence-electron chi connectivity index (χ0n) is 52.7. The van der Waals surface area contributed by atoms with Gasteiger partial charge in [0.2, 0.25) is 34.8 Å². The van der Waals surface area contributed by atoms with Crippen LogP contribution in [0, 0.1) is 54.6 Å². The third kappa shape index (κ3) is 19.3. The smallest absolute Gasteiger partial charge is 0.280 e. The standard InChI is InChI=1S/3C22H17ClF2N4O3S2.3CH4/c3*1-26-17-6-3-12(9-16(17)25)20-7-8-21(33-20)18-11-19(29(2)34(31,32)28-18)22(30)27-13-4-5-15(24)14(23)10-13;;;/h3*3-10,18-19,28H,11H2,2H3,(H,27,30);3*1H4/t2*18-,19+;;;;/m10..../s1. The molecule has 6 atom stereocenters. The van der Waals surface area contributed by atoms with Gasteiger partial charge >= 0.3 is 0 Å². The zero-order valence-corrected chi connectivity index (χ0v) is 59.8. The van der Waals surface area contributed by atoms with Crippen LogP contribution in [0.2, 0.25) is 15.1 Å². The first-order valence-electron chi connectivity index (χ1n) is 29.6. The molecule has 105 heavy (non-hydrogen) atoms. The lowest BCUT2D eigenvalue weighted by molar-refractivity contribution is -0.120. The molecular formula is C69H63Cl3F6N12O9S6. The first kappa shape index (κ1) is 83.6. The molecule has 9 aromatic rings. The third-order valence-corrected chi connectivity index (χ3v) is 25.5. The normalized spacial score (nSPS) is 19.4. The second-order valence-corrected chi connectivity index (χ2v) is 32.5. The number of carbonyl (C=O) groups excluding carboxylic acids is 3. The second-order valence-electron chi connectivity index (χ2n) is 22.6. The highest BCUT2D eigenvalue weighted by molar-refractivity contribution is 7.87. The molecule has 36 heteroatoms. The molecule has 6 heterocycles. The summed E-state index contributed by atoms with van der Waals surface area (Å²) in [5.74, 6) is -5.60. The predicted molar refractivity (Wildman–Crippen MR) is 401 cm³/mol. The highest BCUT2D eigenvalue weighted by atomic mass is 35.5. The Morgan fingerprint density at radius 3 is 0.867 bits per heavy atom. The van der Waals surface area contributed by atoms with Gasteiger partial charge in [-0.2, -0.15) is 52.3 Å². The first-order chi connectivity index (χ1) is 48.3. The van der Waals surface area contributed by atoms with Crippen LogP contribution in [0.1, 0.15) is 74.3 Å². The average Bonchev–Trinajstić information content (AvgIpc) is 1.76. The SMILES string of the molecule is C.C.C.[C-]#[N+]c1ccc(-c2ccc(C3CC(C(=O)Nc4ccc(F)c(Cl)c4)N(C)S(=O)(=O)N3)s2)cc1F.[C-]#[N+]c1ccc(-c2ccc([C@@H]3C[C@H](C(=O)Nc4ccc(F)c(Cl)c4)N(C)S(=O)(=O)N3)s2)cc1F.[C-]#[N+]c1ccc(-c2ccc([C@H]3C[C@@H](C(=O)Nc4ccc(F)c(Cl)c4)N(C)S(=O)(=O)N3)s2)cc1F. The lowest BCUT2D eigenvalue weighted by Gasteiger charge is -2.35. The lowest BCUT2D eigenvalue weighted by Crippen LogP contribution is -2.55. The topological polar surface area (TPSA) is 249 Å². The molecule has 6 N–H and O–H groups in total. The summed E-state index contributed by atoms with van der Waals surface area (Å²) < 4.78 is 169. The monoisotopic (exact) mass is 1610 g/mol. The average molecular weight is 1620 g/mol. The molecule has 3 aromatic heterocycles. The van der Waals surface area contributed by atoms with Crippen LogP contribution in [0.5, 0.6) is 0 Å². The number of carbonyl (C=O) groups is 3. The molecule has 0 aliphatic carbocycles. The van der Waals surface area contributed by atoms with Gasteiger partial charge in [0, 0.05) is 67.5 Å². The van der Waals surface area contributed by atoms with Crippen molar-refractivity contribution in [1.29, 1.82) is 0 Å². The van der Waals surface area contributed by atoms with Crippen LogP contribution in [-0.2, 0) is 45.0 Å². The Morgan fingerprint density at radius 2 is 0.648 bits per heavy atom. The number of anilines is 3. The van der Waals surface area contributed by atoms with E-state index in [0.29, 0.717) is 46.0 Å². The Hall–Kier alpha value is -8.64. The molecule has 12 rings (SSSR count). The number of thiophene rings is 3. The summed E-state index contributed by atoms with van der Waals surface area (Å²) in [6.45, 7) is 20.9. The number of hydrogen-bond acceptors (Lipinski definition) is 12. The minimum atomic E-state index is -3.98. The summed E-state index contributed by atoms with van der Waals surface area (Å²) >= 11 is 21.1. The summed E-state index contributed by atoms with van der Waals surface area (Å²) in [4.78, 5) is 52.1. The van der Waals surface area contributed by atoms with E-state index in [0.717, 1.165) is 31.1 Å². The molecule has 3 saturated heterocycles. The molecule has 21 nitrogen and oxygen atoms in total. The second kappa shape index (κ2) is 34.7. The van der Waals surface area contributed by atoms with Crippen molar-refractivity contribution < 1.29 is 66.0 Å². The van der Waals surface area contributed by atoms with E-state index in [4.69, 9.17) is 54.5 Å². The van der Waals surface area contributed by atoms with Crippen molar-refractivity contribution in [2.45, 2.75) is 77.8 Å². The summed E-state index contributed by atoms with van der Waals surface area (Å²) in [5.41, 5.74) is 2.12. The summed E-state index contributed by atoms with van der Waals surface area (Å²) in [5, 5.41) is 7.23. The fraction of sp³-hybridized carbons (Fsp3) is 0.217. The highest BCUT2D eigenvalue weighted by Crippen LogP contribution is 2.42. The molecule has 3 aliphatic heterocycles. The van der Waals surface area contributed by atoms with Crippen molar-refractivity contribution >= 4 is 151 Å². The van der Waals surface area contributed by atoms with Gasteiger partial charge in [0.05, 0.1) is 52.9 Å². The largest absolute Gasteiger partial charge is 0.325 e. The number of amides is 3. The maximum Gasteiger partial charge on any atom is 0.280 e. The zero-order chi connectivity index (χ0) is 73.9. The van der Waals surface area contributed by atoms with Crippen molar-refractivity contribution in [1.82, 2.24) is 27.1 Å². The quantitative estimate of drug-likeness (QED) is 0.0502. The van der Waals surface area contributed by atoms with Gasteiger partial charge in [0.25, 0.3) is 30.6 Å². The minimum absolute atomic E-state index is 0. The van der Waals surface area contributed by atoms with E-state index in [1.165, 1.54) is 128 Å². The Bertz CT molecular complexity index is 4780. The van der Waals surface area contributed by atoms with Crippen molar-refractivity contribution in [3.8, 4) is 31.3 Å². The number of halogens is 9. The number of nitrogens with one attached hydrogen (secondary N) is 6. The summed E-state index contributed by atoms with van der Waals surface area (Å²) in [6.07, 6.45) is 0.379. The van der Waals surface area contributed by atoms with Gasteiger partial charge in [-0.1, -0.05) is 93.5 Å². The van der Waals surface area contributed by atoms with Crippen molar-refractivity contribution in [3.05, 3.63) is 244 Å². The maximum atomic E-state index is 14.0. The van der Waals surface area contributed by atoms with Crippen LogP contribution >= 0.6 is 68.8 Å². The predicted octanol–water partition coefficient (Wildman–Crippen LogP) is 17.3. The van der Waals surface area contributed by atoms with Crippen LogP contribution in [0.15, 0.2) is 146 Å². The van der Waals surface area contributed by atoms with E-state index < -0.39 is 120 Å². The van der Waals surface area contributed by atoms with Crippen LogP contribution in [-0.4, -0.2) is 95.2 Å². The number of rotatable bonds is 12. The fourth-order valence-electron chi connectivity index (χ4n) is 10.6. The Balaban J connectivity index is 0.000000217. The Labute approximate surface area is 630 Å². The van der Waals surface area contributed by atoms with Crippen LogP contribution in [0.3, 0.4) is 0 Å². The summed E-state index contributed by atoms with van der Waals surface area (Å²) in [6, 6.07) is 28.9. The molecule has 0 bridgehead atoms. The van der Waals surface area contributed by atoms with Gasteiger partial charge in [0.1, 0.15) is 53.0 Å². The van der Waals surface area contributed by atoms with E-state index in [9.17, 15) is 66.0 Å². The molecule has 0 spiro atoms. The van der Waals surface area contributed by atoms with Crippen molar-refractivity contribution in [2.24, 2.45) is 0 Å². The van der Waals surface area contributed by atoms with Crippen molar-refractivity contribution in [3.63, 3.8) is 0 Å². The van der Waals surface area contributed by atoms with Gasteiger partial charge in [0.15, 0.2) is 0 Å². The van der Waals surface area contributed by atoms with Gasteiger partial charge in [-0.3, -0.25) is 14.4 Å². The number of likely N-dealkylation sites (N-methyl/N-ethyl adjacent to an activating group) is 3. The molecule has 3 aliphatic rings. The van der Waals surface area contributed by atoms with E-state index in [1.807, 2.05) is 0 Å². The molecule has 3 amide bonds. The maximum absolute atomic E-state index is 14.0. The molecular weight excluding hydrogens is 1550 g/mol. The molecule has 3 fully saturated rings. The van der Waals surface area contributed by atoms with Gasteiger partial charge < -0.3 is 16.0 Å². The minimum Gasteiger partial charge on any atom is -0.325 e. The molecule has 0 radical (unpaired) electrons. The number of hydrogen-bond donors (Lipinski definition) is 6. The van der Waals surface area contributed by atoms with Crippen LogP contribution in [0.4, 0.5) is 60.5 Å². The van der Waals surface area contributed by atoms with Crippen molar-refractivity contribution in [2.75, 3.05) is 37.1 Å². The van der Waals surface area contributed by atoms with Gasteiger partial charge in [-0.25, -0.2) is 40.9 Å². The van der Waals surface area contributed by atoms with E-state index in [1.54, 1.807) is 54.6 Å². The Kier molecular flexibility index (Phi) is 27.7. The lowest BCUT2D eigenvalue weighted by atomic mass is 10.1. The molecule has 2 unspecified atom stereocenters. The molecule has 6 aromatic carbocycles. The van der Waals surface area contributed by atoms with Crippen LogP contribution < -0.4 is 30.1 Å². The van der Waals surface area contributed by atoms with E-state index in [2.05, 4.69) is 44.7 Å². The molecule has 552 valence electrons. The number of benzene rings is 6. The van der Waals surface area contributed by atoms with Gasteiger partial charge in [-0.15, -0.1) is 34.0 Å². The van der Waals surface area contributed by atoms with E-state index >= 15 is 0 Å². The highest BCUT2D eigenvalue weighted by Gasteiger charge is 2.44. The summed E-state index contributed by atoms with van der Waals surface area (Å²) in [7, 11) is -8.06. The van der Waals surface area contributed by atoms with E-state index in [-0.39, 0.29) is 90.7 Å². The van der Waals surface area contributed by atoms with Gasteiger partial charge in [-0.05, 0) is 145 Å². The van der Waals surface area contributed by atoms with Crippen LogP contribution in [0.25, 0.3) is 45.9 Å². The third-order valence-electron chi connectivity index (χ3n) is 16.1. The molecule has 0 saturated carbocycles. The fourth-order valence-corrected chi connectivity index (χ4v) is 18.4. The Morgan fingerprint density at radius 1 is 0.400 bits per heavy atom. The number of nitrogens with zero attached hydrogens (tertiary/aromatic N) is 6. The first-order valence-corrected chi connectivity index (χ1v) is 37.5.